The number of benzene rings is 1. The van der Waals surface area contributed by atoms with Gasteiger partial charge in [-0.05, 0) is 55.3 Å². The summed E-state index contributed by atoms with van der Waals surface area (Å²) in [4.78, 5) is 23.2. The molecule has 3 heterocycles. The van der Waals surface area contributed by atoms with Gasteiger partial charge in [-0.15, -0.1) is 0 Å². The highest BCUT2D eigenvalue weighted by Crippen LogP contribution is 2.27. The number of carbonyl (C=O) groups is 1. The minimum absolute atomic E-state index is 0.0941. The number of halogens is 1. The van der Waals surface area contributed by atoms with Crippen LogP contribution in [0.5, 0.6) is 0 Å². The zero-order chi connectivity index (χ0) is 18.6. The minimum atomic E-state index is -0.293. The normalized spacial score (nSPS) is 16.9. The van der Waals surface area contributed by atoms with Gasteiger partial charge in [0.1, 0.15) is 5.82 Å². The van der Waals surface area contributed by atoms with E-state index in [1.165, 1.54) is 18.4 Å². The Morgan fingerprint density at radius 3 is 2.85 bits per heavy atom. The third kappa shape index (κ3) is 3.97. The van der Waals surface area contributed by atoms with E-state index in [1.54, 1.807) is 30.5 Å². The van der Waals surface area contributed by atoms with E-state index >= 15 is 0 Å². The summed E-state index contributed by atoms with van der Waals surface area (Å²) in [5.74, 6) is 0.558. The summed E-state index contributed by atoms with van der Waals surface area (Å²) in [7, 11) is 0. The first kappa shape index (κ1) is 17.2. The van der Waals surface area contributed by atoms with Gasteiger partial charge in [0.05, 0.1) is 12.0 Å². The van der Waals surface area contributed by atoms with Gasteiger partial charge in [-0.2, -0.15) is 0 Å². The highest BCUT2D eigenvalue weighted by atomic mass is 19.1. The maximum Gasteiger partial charge on any atom is 0.289 e. The van der Waals surface area contributed by atoms with Gasteiger partial charge in [-0.3, -0.25) is 4.79 Å². The van der Waals surface area contributed by atoms with Gasteiger partial charge < -0.3 is 14.6 Å². The molecule has 1 amide bonds. The van der Waals surface area contributed by atoms with E-state index in [4.69, 9.17) is 4.42 Å². The van der Waals surface area contributed by atoms with Crippen molar-refractivity contribution >= 4 is 17.5 Å². The van der Waals surface area contributed by atoms with Crippen LogP contribution in [0, 0.1) is 5.82 Å². The zero-order valence-electron chi connectivity index (χ0n) is 14.6. The number of nitrogens with zero attached hydrogens (tertiary/aromatic N) is 3. The van der Waals surface area contributed by atoms with E-state index in [1.807, 2.05) is 11.0 Å². The van der Waals surface area contributed by atoms with Gasteiger partial charge >= 0.3 is 0 Å². The maximum atomic E-state index is 13.0. The standard InChI is InChI=1S/C20H19FN4O2/c21-15-5-7-16(8-6-15)23-20-22-10-9-17(24-20)14-3-1-11-25(13-14)19(26)18-4-2-12-27-18/h2,4-10,12,14H,1,3,11,13H2,(H,22,23,24)/t14-/m1/s1. The number of furan rings is 1. The Balaban J connectivity index is 1.47. The highest BCUT2D eigenvalue weighted by molar-refractivity contribution is 5.91. The van der Waals surface area contributed by atoms with E-state index in [0.717, 1.165) is 18.5 Å². The second kappa shape index (κ2) is 7.57. The SMILES string of the molecule is O=C(c1ccco1)N1CCC[C@@H](c2ccnc(Nc3ccc(F)cc3)n2)C1. The summed E-state index contributed by atoms with van der Waals surface area (Å²) in [6.07, 6.45) is 5.06. The Morgan fingerprint density at radius 1 is 1.22 bits per heavy atom. The van der Waals surface area contributed by atoms with Gasteiger partial charge in [0.25, 0.3) is 5.91 Å². The van der Waals surface area contributed by atoms with Gasteiger partial charge in [-0.1, -0.05) is 0 Å². The molecule has 138 valence electrons. The van der Waals surface area contributed by atoms with Crippen molar-refractivity contribution in [1.82, 2.24) is 14.9 Å². The number of aromatic nitrogens is 2. The highest BCUT2D eigenvalue weighted by Gasteiger charge is 2.27. The van der Waals surface area contributed by atoms with Crippen molar-refractivity contribution in [3.8, 4) is 0 Å². The third-order valence-corrected chi connectivity index (χ3v) is 4.64. The van der Waals surface area contributed by atoms with Gasteiger partial charge in [0, 0.05) is 30.9 Å². The molecular weight excluding hydrogens is 347 g/mol. The van der Waals surface area contributed by atoms with E-state index in [9.17, 15) is 9.18 Å². The number of nitrogens with one attached hydrogen (secondary N) is 1. The number of likely N-dealkylation sites (tertiary alicyclic amines) is 1. The predicted octanol–water partition coefficient (Wildman–Crippen LogP) is 3.97. The molecule has 1 fully saturated rings. The molecule has 0 aliphatic carbocycles. The zero-order valence-corrected chi connectivity index (χ0v) is 14.6. The number of carbonyl (C=O) groups excluding carboxylic acids is 1. The molecular formula is C20H19FN4O2. The van der Waals surface area contributed by atoms with Crippen LogP contribution in [0.1, 0.15) is 35.0 Å². The average molecular weight is 366 g/mol. The third-order valence-electron chi connectivity index (χ3n) is 4.64. The lowest BCUT2D eigenvalue weighted by molar-refractivity contribution is 0.0673. The molecule has 0 unspecified atom stereocenters. The van der Waals surface area contributed by atoms with Crippen molar-refractivity contribution < 1.29 is 13.6 Å². The van der Waals surface area contributed by atoms with E-state index in [2.05, 4.69) is 15.3 Å². The Kier molecular flexibility index (Phi) is 4.82. The van der Waals surface area contributed by atoms with Crippen LogP contribution >= 0.6 is 0 Å². The van der Waals surface area contributed by atoms with Crippen molar-refractivity contribution in [2.24, 2.45) is 0 Å². The lowest BCUT2D eigenvalue weighted by Crippen LogP contribution is -2.39. The van der Waals surface area contributed by atoms with Crippen molar-refractivity contribution in [1.29, 1.82) is 0 Å². The first-order chi connectivity index (χ1) is 13.2. The summed E-state index contributed by atoms with van der Waals surface area (Å²) in [5.41, 5.74) is 1.60. The van der Waals surface area contributed by atoms with Crippen LogP contribution in [0.25, 0.3) is 0 Å². The molecule has 1 aliphatic heterocycles. The smallest absolute Gasteiger partial charge is 0.289 e. The van der Waals surface area contributed by atoms with Gasteiger partial charge in [0.2, 0.25) is 5.95 Å². The van der Waals surface area contributed by atoms with Crippen LogP contribution in [-0.4, -0.2) is 33.9 Å². The minimum Gasteiger partial charge on any atom is -0.459 e. The molecule has 4 rings (SSSR count). The van der Waals surface area contributed by atoms with E-state index in [-0.39, 0.29) is 17.6 Å². The Morgan fingerprint density at radius 2 is 2.07 bits per heavy atom. The number of piperidine rings is 1. The van der Waals surface area contributed by atoms with Crippen LogP contribution in [0.2, 0.25) is 0 Å². The second-order valence-corrected chi connectivity index (χ2v) is 6.50. The second-order valence-electron chi connectivity index (χ2n) is 6.50. The molecule has 1 aliphatic rings. The molecule has 6 nitrogen and oxygen atoms in total. The molecule has 0 bridgehead atoms. The number of hydrogen-bond acceptors (Lipinski definition) is 5. The average Bonchev–Trinajstić information content (AvgIpc) is 3.24. The first-order valence-corrected chi connectivity index (χ1v) is 8.87. The lowest BCUT2D eigenvalue weighted by Gasteiger charge is -2.32. The van der Waals surface area contributed by atoms with Crippen LogP contribution < -0.4 is 5.32 Å². The number of anilines is 2. The number of hydrogen-bond donors (Lipinski definition) is 1. The quantitative estimate of drug-likeness (QED) is 0.756. The Hall–Kier alpha value is -3.22. The van der Waals surface area contributed by atoms with Crippen LogP contribution in [0.3, 0.4) is 0 Å². The largest absolute Gasteiger partial charge is 0.459 e. The molecule has 0 saturated carbocycles. The lowest BCUT2D eigenvalue weighted by atomic mass is 9.94. The molecule has 1 N–H and O–H groups in total. The summed E-state index contributed by atoms with van der Waals surface area (Å²) < 4.78 is 18.3. The van der Waals surface area contributed by atoms with Crippen molar-refractivity contribution in [3.05, 3.63) is 72.2 Å². The summed E-state index contributed by atoms with van der Waals surface area (Å²) in [6, 6.07) is 11.3. The molecule has 27 heavy (non-hydrogen) atoms. The molecule has 3 aromatic rings. The molecule has 2 aromatic heterocycles. The Labute approximate surface area is 156 Å². The van der Waals surface area contributed by atoms with Gasteiger partial charge in [0.15, 0.2) is 5.76 Å². The van der Waals surface area contributed by atoms with E-state index < -0.39 is 0 Å². The maximum absolute atomic E-state index is 13.0. The number of rotatable bonds is 4. The van der Waals surface area contributed by atoms with Crippen LogP contribution in [-0.2, 0) is 0 Å². The topological polar surface area (TPSA) is 71.3 Å². The van der Waals surface area contributed by atoms with Crippen LogP contribution in [0.4, 0.5) is 16.0 Å². The molecule has 0 spiro atoms. The molecule has 1 saturated heterocycles. The fraction of sp³-hybridized carbons (Fsp3) is 0.250. The Bertz CT molecular complexity index is 912. The first-order valence-electron chi connectivity index (χ1n) is 8.87. The summed E-state index contributed by atoms with van der Waals surface area (Å²) in [6.45, 7) is 1.30. The fourth-order valence-corrected chi connectivity index (χ4v) is 3.28. The number of amides is 1. The van der Waals surface area contributed by atoms with Crippen molar-refractivity contribution in [2.75, 3.05) is 18.4 Å². The predicted molar refractivity (Wildman–Crippen MR) is 98.3 cm³/mol. The summed E-state index contributed by atoms with van der Waals surface area (Å²) in [5, 5.41) is 3.08. The fourth-order valence-electron chi connectivity index (χ4n) is 3.28. The molecule has 1 aromatic carbocycles. The monoisotopic (exact) mass is 366 g/mol. The molecule has 1 atom stereocenters. The van der Waals surface area contributed by atoms with Crippen molar-refractivity contribution in [3.63, 3.8) is 0 Å². The molecule has 0 radical (unpaired) electrons. The molecule has 7 heteroatoms. The van der Waals surface area contributed by atoms with E-state index in [0.29, 0.717) is 30.5 Å². The van der Waals surface area contributed by atoms with Crippen LogP contribution in [0.15, 0.2) is 59.3 Å². The summed E-state index contributed by atoms with van der Waals surface area (Å²) >= 11 is 0. The van der Waals surface area contributed by atoms with Gasteiger partial charge in [-0.25, -0.2) is 14.4 Å². The van der Waals surface area contributed by atoms with Crippen molar-refractivity contribution in [2.45, 2.75) is 18.8 Å².